The molecule has 4 nitrogen and oxygen atoms in total. The van der Waals surface area contributed by atoms with Crippen LogP contribution in [0.3, 0.4) is 0 Å². The Morgan fingerprint density at radius 3 is 2.67 bits per heavy atom. The summed E-state index contributed by atoms with van der Waals surface area (Å²) in [6.45, 7) is 3.62. The first-order valence-electron chi connectivity index (χ1n) is 2.06. The highest BCUT2D eigenvalue weighted by Crippen LogP contribution is 2.20. The molecule has 0 fully saturated rings. The van der Waals surface area contributed by atoms with Crippen molar-refractivity contribution in [2.24, 2.45) is 0 Å². The van der Waals surface area contributed by atoms with Gasteiger partial charge in [-0.1, -0.05) is 6.08 Å². The van der Waals surface area contributed by atoms with E-state index < -0.39 is 8.25 Å². The van der Waals surface area contributed by atoms with Crippen LogP contribution in [0, 0.1) is 0 Å². The van der Waals surface area contributed by atoms with Gasteiger partial charge in [-0.2, -0.15) is 0 Å². The first-order chi connectivity index (χ1) is 3.81. The summed E-state index contributed by atoms with van der Waals surface area (Å²) in [5.41, 5.74) is 0. The van der Waals surface area contributed by atoms with Crippen molar-refractivity contribution < 1.29 is 13.6 Å². The van der Waals surface area contributed by atoms with E-state index in [9.17, 15) is 4.57 Å². The normalized spacial score (nSPS) is 9.67. The molecule has 9 heavy (non-hydrogen) atoms. The lowest BCUT2D eigenvalue weighted by atomic mass is 10.7. The van der Waals surface area contributed by atoms with E-state index in [1.165, 1.54) is 13.2 Å². The maximum Gasteiger partial charge on any atom is 0.697 e. The van der Waals surface area contributed by atoms with Gasteiger partial charge >= 0.3 is 8.25 Å². The van der Waals surface area contributed by atoms with Gasteiger partial charge in [0.2, 0.25) is 0 Å². The van der Waals surface area contributed by atoms with Gasteiger partial charge in [0, 0.05) is 4.57 Å². The summed E-state index contributed by atoms with van der Waals surface area (Å²) < 4.78 is 19.0. The summed E-state index contributed by atoms with van der Waals surface area (Å²) in [5.74, 6) is 0. The summed E-state index contributed by atoms with van der Waals surface area (Å²) >= 11 is 0. The van der Waals surface area contributed by atoms with E-state index in [0.29, 0.717) is 0 Å². The highest BCUT2D eigenvalue weighted by molar-refractivity contribution is 7.33. The van der Waals surface area contributed by atoms with Crippen molar-refractivity contribution in [3.63, 3.8) is 0 Å². The molecule has 54 valence electrons. The van der Waals surface area contributed by atoms with Gasteiger partial charge in [0.05, 0.1) is 7.11 Å². The molecule has 3 N–H and O–H groups in total. The maximum atomic E-state index is 10.2. The summed E-state index contributed by atoms with van der Waals surface area (Å²) in [6.07, 6.45) is 1.51. The smallest absolute Gasteiger partial charge is 0.344 e. The zero-order valence-corrected chi connectivity index (χ0v) is 6.27. The highest BCUT2D eigenvalue weighted by atomic mass is 31.1. The maximum absolute atomic E-state index is 10.2. The van der Waals surface area contributed by atoms with Gasteiger partial charge < -0.3 is 6.15 Å². The fourth-order valence-corrected chi connectivity index (χ4v) is 0.499. The van der Waals surface area contributed by atoms with Crippen LogP contribution < -0.4 is 6.15 Å². The van der Waals surface area contributed by atoms with Crippen LogP contribution in [0.1, 0.15) is 0 Å². The first kappa shape index (κ1) is 11.5. The van der Waals surface area contributed by atoms with Crippen LogP contribution >= 0.6 is 8.25 Å². The van der Waals surface area contributed by atoms with E-state index >= 15 is 0 Å². The third kappa shape index (κ3) is 7.72. The second kappa shape index (κ2) is 7.72. The number of rotatable bonds is 4. The van der Waals surface area contributed by atoms with Gasteiger partial charge in [-0.25, -0.2) is 0 Å². The average Bonchev–Trinajstić information content (AvgIpc) is 1.83. The lowest BCUT2D eigenvalue weighted by Crippen LogP contribution is -1.78. The molecule has 0 aliphatic rings. The summed E-state index contributed by atoms with van der Waals surface area (Å²) in [4.78, 5) is 0. The van der Waals surface area contributed by atoms with Crippen LogP contribution in [-0.4, -0.2) is 13.7 Å². The molecular formula is C4H11NO3P+. The third-order valence-electron chi connectivity index (χ3n) is 0.447. The van der Waals surface area contributed by atoms with Crippen LogP contribution in [0.2, 0.25) is 0 Å². The Morgan fingerprint density at radius 1 is 1.78 bits per heavy atom. The minimum Gasteiger partial charge on any atom is -0.344 e. The Hall–Kier alpha value is -0.280. The largest absolute Gasteiger partial charge is 0.697 e. The van der Waals surface area contributed by atoms with Gasteiger partial charge in [0.1, 0.15) is 6.61 Å². The van der Waals surface area contributed by atoms with Crippen molar-refractivity contribution in [3.05, 3.63) is 12.7 Å². The van der Waals surface area contributed by atoms with Crippen molar-refractivity contribution in [1.82, 2.24) is 6.15 Å². The molecule has 0 spiro atoms. The second-order valence-electron chi connectivity index (χ2n) is 0.991. The predicted octanol–water partition coefficient (Wildman–Crippen LogP) is 1.65. The number of hydrogen-bond acceptors (Lipinski definition) is 4. The van der Waals surface area contributed by atoms with Crippen molar-refractivity contribution >= 4 is 8.25 Å². The Labute approximate surface area is 55.4 Å². The van der Waals surface area contributed by atoms with Crippen molar-refractivity contribution in [2.45, 2.75) is 0 Å². The molecule has 0 saturated heterocycles. The fourth-order valence-electron chi connectivity index (χ4n) is 0.166. The molecule has 0 aromatic carbocycles. The Bertz CT molecular complexity index is 95.8. The lowest BCUT2D eigenvalue weighted by molar-refractivity contribution is 0.280. The molecular weight excluding hydrogens is 141 g/mol. The molecule has 1 atom stereocenters. The molecule has 0 amide bonds. The zero-order valence-electron chi connectivity index (χ0n) is 5.37. The topological polar surface area (TPSA) is 70.5 Å². The third-order valence-corrected chi connectivity index (χ3v) is 1.10. The van der Waals surface area contributed by atoms with E-state index in [1.807, 2.05) is 0 Å². The number of hydrogen-bond donors (Lipinski definition) is 1. The molecule has 0 aromatic heterocycles. The monoisotopic (exact) mass is 152 g/mol. The molecule has 0 rings (SSSR count). The minimum atomic E-state index is -1.91. The van der Waals surface area contributed by atoms with Crippen LogP contribution in [0.5, 0.6) is 0 Å². The molecule has 5 heteroatoms. The van der Waals surface area contributed by atoms with Gasteiger partial charge in [-0.05, 0) is 0 Å². The lowest BCUT2D eigenvalue weighted by Gasteiger charge is -1.76. The van der Waals surface area contributed by atoms with Crippen molar-refractivity contribution in [2.75, 3.05) is 13.7 Å². The van der Waals surface area contributed by atoms with Gasteiger partial charge in [0.15, 0.2) is 0 Å². The summed E-state index contributed by atoms with van der Waals surface area (Å²) in [7, 11) is -0.584. The van der Waals surface area contributed by atoms with Gasteiger partial charge in [-0.15, -0.1) is 15.6 Å². The Morgan fingerprint density at radius 2 is 2.33 bits per heavy atom. The van der Waals surface area contributed by atoms with Crippen molar-refractivity contribution in [3.8, 4) is 0 Å². The molecule has 1 unspecified atom stereocenters. The van der Waals surface area contributed by atoms with E-state index in [-0.39, 0.29) is 12.8 Å². The average molecular weight is 152 g/mol. The molecule has 0 heterocycles. The van der Waals surface area contributed by atoms with Crippen LogP contribution in [0.25, 0.3) is 0 Å². The Kier molecular flexibility index (Phi) is 9.87. The van der Waals surface area contributed by atoms with E-state index in [2.05, 4.69) is 15.6 Å². The fraction of sp³-hybridized carbons (Fsp3) is 0.500. The minimum absolute atomic E-state index is 0. The van der Waals surface area contributed by atoms with E-state index in [0.717, 1.165) is 0 Å². The summed E-state index contributed by atoms with van der Waals surface area (Å²) in [5, 5.41) is 0. The Balaban J connectivity index is 0. The van der Waals surface area contributed by atoms with Crippen LogP contribution in [-0.2, 0) is 13.6 Å². The summed E-state index contributed by atoms with van der Waals surface area (Å²) in [6, 6.07) is 0. The highest BCUT2D eigenvalue weighted by Gasteiger charge is 2.13. The van der Waals surface area contributed by atoms with E-state index in [1.54, 1.807) is 0 Å². The van der Waals surface area contributed by atoms with E-state index in [4.69, 9.17) is 0 Å². The van der Waals surface area contributed by atoms with Gasteiger partial charge in [0.25, 0.3) is 0 Å². The molecule has 0 saturated carbocycles. The van der Waals surface area contributed by atoms with Crippen LogP contribution in [0.4, 0.5) is 0 Å². The zero-order chi connectivity index (χ0) is 6.41. The molecule has 0 aromatic rings. The molecule has 0 aliphatic carbocycles. The molecule has 0 radical (unpaired) electrons. The quantitative estimate of drug-likeness (QED) is 0.491. The SMILES string of the molecule is C=CCO[P+](=O)OC.N. The second-order valence-corrected chi connectivity index (χ2v) is 2.06. The molecule has 0 aliphatic heterocycles. The van der Waals surface area contributed by atoms with Crippen LogP contribution in [0.15, 0.2) is 12.7 Å². The van der Waals surface area contributed by atoms with Crippen molar-refractivity contribution in [1.29, 1.82) is 0 Å². The standard InChI is InChI=1S/C4H8O3P.H3N/c1-3-4-7-8(5)6-2;/h3H,1,4H2,2H3;1H3/q+1;. The van der Waals surface area contributed by atoms with Gasteiger partial charge in [-0.3, -0.25) is 0 Å². The molecule has 0 bridgehead atoms. The first-order valence-corrected chi connectivity index (χ1v) is 3.16. The predicted molar refractivity (Wildman–Crippen MR) is 35.8 cm³/mol.